The molecule has 3 aromatic rings. The molecule has 1 heterocycles. The highest BCUT2D eigenvalue weighted by molar-refractivity contribution is 5.80. The second-order valence-corrected chi connectivity index (χ2v) is 5.51. The van der Waals surface area contributed by atoms with E-state index in [0.29, 0.717) is 24.7 Å². The van der Waals surface area contributed by atoms with Crippen LogP contribution in [0.1, 0.15) is 11.1 Å². The number of aromatic nitrogens is 3. The van der Waals surface area contributed by atoms with Gasteiger partial charge in [0.15, 0.2) is 11.5 Å². The van der Waals surface area contributed by atoms with Crippen LogP contribution in [-0.2, 0) is 0 Å². The Hall–Kier alpha value is -3.35. The third-order valence-corrected chi connectivity index (χ3v) is 3.56. The SMILES string of the molecule is COc1cc(/C=N\n2cnnc2)ccc1OCCOc1ccc(C)cc1. The number of benzene rings is 2. The van der Waals surface area contributed by atoms with E-state index < -0.39 is 0 Å². The maximum Gasteiger partial charge on any atom is 0.161 e. The lowest BCUT2D eigenvalue weighted by Gasteiger charge is -2.12. The van der Waals surface area contributed by atoms with E-state index in [-0.39, 0.29) is 0 Å². The molecule has 0 saturated heterocycles. The predicted molar refractivity (Wildman–Crippen MR) is 98.2 cm³/mol. The fraction of sp³-hybridized carbons (Fsp3) is 0.211. The van der Waals surface area contributed by atoms with Crippen molar-refractivity contribution < 1.29 is 14.2 Å². The average Bonchev–Trinajstić information content (AvgIpc) is 3.19. The van der Waals surface area contributed by atoms with Gasteiger partial charge in [0.2, 0.25) is 0 Å². The van der Waals surface area contributed by atoms with Gasteiger partial charge in [0.05, 0.1) is 13.3 Å². The predicted octanol–water partition coefficient (Wildman–Crippen LogP) is 2.94. The zero-order valence-corrected chi connectivity index (χ0v) is 14.7. The number of aryl methyl sites for hydroxylation is 1. The molecule has 0 radical (unpaired) electrons. The van der Waals surface area contributed by atoms with Gasteiger partial charge in [-0.25, -0.2) is 4.68 Å². The van der Waals surface area contributed by atoms with Crippen molar-refractivity contribution in [2.24, 2.45) is 5.10 Å². The first-order valence-corrected chi connectivity index (χ1v) is 8.14. The van der Waals surface area contributed by atoms with Gasteiger partial charge in [-0.3, -0.25) is 0 Å². The van der Waals surface area contributed by atoms with Crippen LogP contribution in [0.2, 0.25) is 0 Å². The number of methoxy groups -OCH3 is 1. The van der Waals surface area contributed by atoms with Gasteiger partial charge in [0.25, 0.3) is 0 Å². The Labute approximate surface area is 151 Å². The maximum absolute atomic E-state index is 5.76. The summed E-state index contributed by atoms with van der Waals surface area (Å²) in [6, 6.07) is 13.5. The number of hydrogen-bond donors (Lipinski definition) is 0. The third kappa shape index (κ3) is 4.83. The highest BCUT2D eigenvalue weighted by atomic mass is 16.5. The monoisotopic (exact) mass is 352 g/mol. The van der Waals surface area contributed by atoms with E-state index in [1.807, 2.05) is 49.4 Å². The minimum atomic E-state index is 0.415. The highest BCUT2D eigenvalue weighted by Crippen LogP contribution is 2.27. The van der Waals surface area contributed by atoms with Crippen molar-refractivity contribution in [2.45, 2.75) is 6.92 Å². The topological polar surface area (TPSA) is 70.8 Å². The molecule has 134 valence electrons. The summed E-state index contributed by atoms with van der Waals surface area (Å²) in [6.07, 6.45) is 4.72. The Morgan fingerprint density at radius 2 is 1.69 bits per heavy atom. The van der Waals surface area contributed by atoms with Crippen LogP contribution in [0, 0.1) is 6.92 Å². The van der Waals surface area contributed by atoms with E-state index in [4.69, 9.17) is 14.2 Å². The first-order chi connectivity index (χ1) is 12.7. The van der Waals surface area contributed by atoms with Crippen molar-refractivity contribution in [2.75, 3.05) is 20.3 Å². The molecule has 0 fully saturated rings. The molecule has 0 saturated carbocycles. The summed E-state index contributed by atoms with van der Waals surface area (Å²) in [4.78, 5) is 0. The largest absolute Gasteiger partial charge is 0.493 e. The maximum atomic E-state index is 5.76. The number of nitrogens with zero attached hydrogens (tertiary/aromatic N) is 4. The van der Waals surface area contributed by atoms with Gasteiger partial charge < -0.3 is 14.2 Å². The molecular formula is C19H20N4O3. The summed E-state index contributed by atoms with van der Waals surface area (Å²) in [6.45, 7) is 2.90. The van der Waals surface area contributed by atoms with Gasteiger partial charge in [0.1, 0.15) is 31.6 Å². The molecule has 0 aliphatic carbocycles. The summed E-state index contributed by atoms with van der Waals surface area (Å²) in [5.74, 6) is 2.11. The summed E-state index contributed by atoms with van der Waals surface area (Å²) >= 11 is 0. The van der Waals surface area contributed by atoms with E-state index in [0.717, 1.165) is 11.3 Å². The fourth-order valence-corrected chi connectivity index (χ4v) is 2.22. The molecule has 0 aliphatic heterocycles. The Morgan fingerprint density at radius 1 is 0.962 bits per heavy atom. The summed E-state index contributed by atoms with van der Waals surface area (Å²) in [5.41, 5.74) is 2.07. The van der Waals surface area contributed by atoms with Crippen molar-refractivity contribution in [1.29, 1.82) is 0 Å². The minimum Gasteiger partial charge on any atom is -0.493 e. The van der Waals surface area contributed by atoms with E-state index in [9.17, 15) is 0 Å². The van der Waals surface area contributed by atoms with Crippen LogP contribution in [0.25, 0.3) is 0 Å². The second kappa shape index (κ2) is 8.66. The van der Waals surface area contributed by atoms with Gasteiger partial charge in [-0.05, 0) is 42.8 Å². The van der Waals surface area contributed by atoms with Gasteiger partial charge in [-0.2, -0.15) is 5.10 Å². The van der Waals surface area contributed by atoms with Crippen LogP contribution in [0.4, 0.5) is 0 Å². The molecule has 26 heavy (non-hydrogen) atoms. The number of rotatable bonds is 8. The summed E-state index contributed by atoms with van der Waals surface area (Å²) in [7, 11) is 1.60. The molecule has 0 spiro atoms. The van der Waals surface area contributed by atoms with Crippen molar-refractivity contribution in [3.8, 4) is 17.2 Å². The molecule has 1 aromatic heterocycles. The van der Waals surface area contributed by atoms with Gasteiger partial charge >= 0.3 is 0 Å². The standard InChI is InChI=1S/C19H20N4O3/c1-15-3-6-17(7-4-15)25-9-10-26-18-8-5-16(11-19(18)24-2)12-22-23-13-20-21-14-23/h3-8,11-14H,9-10H2,1-2H3/b22-12-. The Bertz CT molecular complexity index is 846. The Kier molecular flexibility index (Phi) is 5.82. The van der Waals surface area contributed by atoms with E-state index in [1.54, 1.807) is 13.3 Å². The van der Waals surface area contributed by atoms with Crippen molar-refractivity contribution in [3.63, 3.8) is 0 Å². The molecule has 0 amide bonds. The number of ether oxygens (including phenoxy) is 3. The Balaban J connectivity index is 1.54. The highest BCUT2D eigenvalue weighted by Gasteiger charge is 2.05. The zero-order chi connectivity index (χ0) is 18.2. The lowest BCUT2D eigenvalue weighted by molar-refractivity contribution is 0.211. The minimum absolute atomic E-state index is 0.415. The Morgan fingerprint density at radius 3 is 2.42 bits per heavy atom. The summed E-state index contributed by atoms with van der Waals surface area (Å²) < 4.78 is 18.3. The molecule has 3 rings (SSSR count). The van der Waals surface area contributed by atoms with Crippen LogP contribution in [0.15, 0.2) is 60.2 Å². The third-order valence-electron chi connectivity index (χ3n) is 3.56. The molecule has 0 atom stereocenters. The van der Waals surface area contributed by atoms with E-state index in [2.05, 4.69) is 15.3 Å². The van der Waals surface area contributed by atoms with Gasteiger partial charge in [-0.1, -0.05) is 17.7 Å². The quantitative estimate of drug-likeness (QED) is 0.460. The molecular weight excluding hydrogens is 332 g/mol. The van der Waals surface area contributed by atoms with Gasteiger partial charge in [-0.15, -0.1) is 10.2 Å². The van der Waals surface area contributed by atoms with Crippen LogP contribution in [-0.4, -0.2) is 41.4 Å². The molecule has 7 nitrogen and oxygen atoms in total. The first kappa shape index (κ1) is 17.5. The van der Waals surface area contributed by atoms with Crippen molar-refractivity contribution in [3.05, 3.63) is 66.2 Å². The fourth-order valence-electron chi connectivity index (χ4n) is 2.22. The van der Waals surface area contributed by atoms with E-state index >= 15 is 0 Å². The average molecular weight is 352 g/mol. The van der Waals surface area contributed by atoms with Crippen LogP contribution < -0.4 is 14.2 Å². The molecule has 0 unspecified atom stereocenters. The second-order valence-electron chi connectivity index (χ2n) is 5.51. The van der Waals surface area contributed by atoms with Crippen LogP contribution in [0.3, 0.4) is 0 Å². The van der Waals surface area contributed by atoms with Gasteiger partial charge in [0, 0.05) is 0 Å². The van der Waals surface area contributed by atoms with Crippen LogP contribution in [0.5, 0.6) is 17.2 Å². The number of hydrogen-bond acceptors (Lipinski definition) is 6. The lowest BCUT2D eigenvalue weighted by atomic mass is 10.2. The van der Waals surface area contributed by atoms with E-state index in [1.165, 1.54) is 22.9 Å². The molecule has 0 bridgehead atoms. The molecule has 0 aliphatic rings. The lowest BCUT2D eigenvalue weighted by Crippen LogP contribution is -2.09. The van der Waals surface area contributed by atoms with Crippen LogP contribution >= 0.6 is 0 Å². The molecule has 7 heteroatoms. The normalized spacial score (nSPS) is 10.8. The smallest absolute Gasteiger partial charge is 0.161 e. The molecule has 2 aromatic carbocycles. The molecule has 0 N–H and O–H groups in total. The first-order valence-electron chi connectivity index (χ1n) is 8.14. The summed E-state index contributed by atoms with van der Waals surface area (Å²) in [5, 5.41) is 11.6. The van der Waals surface area contributed by atoms with Crippen molar-refractivity contribution in [1.82, 2.24) is 14.9 Å². The van der Waals surface area contributed by atoms with Crippen molar-refractivity contribution >= 4 is 6.21 Å². The zero-order valence-electron chi connectivity index (χ0n) is 14.7.